The molecule has 2 aromatic rings. The van der Waals surface area contributed by atoms with Gasteiger partial charge in [0, 0.05) is 18.8 Å². The molecule has 1 aromatic heterocycles. The zero-order valence-corrected chi connectivity index (χ0v) is 17.4. The molecule has 1 aliphatic heterocycles. The van der Waals surface area contributed by atoms with Crippen molar-refractivity contribution in [2.75, 3.05) is 18.4 Å². The highest BCUT2D eigenvalue weighted by molar-refractivity contribution is 7.91. The SMILES string of the molecule is CC(C)c1ccc(NC(=O)c2ccc(S(=O)(=O)N3CCCCCC3)s2)cc1. The van der Waals surface area contributed by atoms with Crippen molar-refractivity contribution in [3.63, 3.8) is 0 Å². The smallest absolute Gasteiger partial charge is 0.265 e. The highest BCUT2D eigenvalue weighted by Crippen LogP contribution is 2.27. The number of benzene rings is 1. The number of nitrogens with zero attached hydrogens (tertiary/aromatic N) is 1. The molecule has 1 aromatic carbocycles. The summed E-state index contributed by atoms with van der Waals surface area (Å²) in [6.45, 7) is 5.35. The lowest BCUT2D eigenvalue weighted by molar-refractivity contribution is 0.103. The van der Waals surface area contributed by atoms with Gasteiger partial charge in [0.2, 0.25) is 0 Å². The van der Waals surface area contributed by atoms with E-state index in [1.54, 1.807) is 16.4 Å². The van der Waals surface area contributed by atoms with Gasteiger partial charge in [0.1, 0.15) is 4.21 Å². The van der Waals surface area contributed by atoms with Crippen molar-refractivity contribution in [3.05, 3.63) is 46.8 Å². The lowest BCUT2D eigenvalue weighted by atomic mass is 10.0. The van der Waals surface area contributed by atoms with E-state index in [2.05, 4.69) is 19.2 Å². The van der Waals surface area contributed by atoms with Gasteiger partial charge in [-0.1, -0.05) is 38.8 Å². The Morgan fingerprint density at radius 3 is 2.22 bits per heavy atom. The molecule has 2 heterocycles. The van der Waals surface area contributed by atoms with E-state index >= 15 is 0 Å². The Morgan fingerprint density at radius 2 is 1.63 bits per heavy atom. The summed E-state index contributed by atoms with van der Waals surface area (Å²) in [6, 6.07) is 10.9. The second-order valence-corrected chi connectivity index (χ2v) is 10.4. The molecule has 5 nitrogen and oxygen atoms in total. The molecule has 1 amide bonds. The second kappa shape index (κ2) is 8.54. The number of hydrogen-bond donors (Lipinski definition) is 1. The summed E-state index contributed by atoms with van der Waals surface area (Å²) in [4.78, 5) is 12.9. The van der Waals surface area contributed by atoms with Crippen LogP contribution in [0.2, 0.25) is 0 Å². The lowest BCUT2D eigenvalue weighted by Crippen LogP contribution is -2.31. The number of amides is 1. The van der Waals surface area contributed by atoms with Crippen molar-refractivity contribution in [1.29, 1.82) is 0 Å². The fourth-order valence-electron chi connectivity index (χ4n) is 3.13. The summed E-state index contributed by atoms with van der Waals surface area (Å²) >= 11 is 1.03. The zero-order valence-electron chi connectivity index (χ0n) is 15.8. The van der Waals surface area contributed by atoms with Crippen molar-refractivity contribution in [2.45, 2.75) is 49.7 Å². The third-order valence-electron chi connectivity index (χ3n) is 4.80. The van der Waals surface area contributed by atoms with Crippen LogP contribution in [-0.2, 0) is 10.0 Å². The number of sulfonamides is 1. The Balaban J connectivity index is 1.71. The molecule has 0 aliphatic carbocycles. The molecule has 0 spiro atoms. The van der Waals surface area contributed by atoms with Gasteiger partial charge in [0.25, 0.3) is 15.9 Å². The van der Waals surface area contributed by atoms with Crippen LogP contribution in [0.5, 0.6) is 0 Å². The quantitative estimate of drug-likeness (QED) is 0.783. The van der Waals surface area contributed by atoms with Crippen molar-refractivity contribution in [3.8, 4) is 0 Å². The number of thiophene rings is 1. The van der Waals surface area contributed by atoms with E-state index in [9.17, 15) is 13.2 Å². The summed E-state index contributed by atoms with van der Waals surface area (Å²) in [6.07, 6.45) is 3.92. The topological polar surface area (TPSA) is 66.5 Å². The van der Waals surface area contributed by atoms with Gasteiger partial charge in [0.15, 0.2) is 0 Å². The van der Waals surface area contributed by atoms with Crippen LogP contribution in [0.25, 0.3) is 0 Å². The Kier molecular flexibility index (Phi) is 6.34. The fraction of sp³-hybridized carbons (Fsp3) is 0.450. The molecule has 7 heteroatoms. The van der Waals surface area contributed by atoms with Crippen LogP contribution in [0.4, 0.5) is 5.69 Å². The Labute approximate surface area is 165 Å². The molecular formula is C20H26N2O3S2. The summed E-state index contributed by atoms with van der Waals surface area (Å²) in [5.74, 6) is 0.147. The molecule has 0 radical (unpaired) electrons. The van der Waals surface area contributed by atoms with E-state index in [0.717, 1.165) is 37.0 Å². The number of carbonyl (C=O) groups excluding carboxylic acids is 1. The van der Waals surface area contributed by atoms with Crippen LogP contribution < -0.4 is 5.32 Å². The zero-order chi connectivity index (χ0) is 19.4. The monoisotopic (exact) mass is 406 g/mol. The highest BCUT2D eigenvalue weighted by Gasteiger charge is 2.27. The minimum Gasteiger partial charge on any atom is -0.321 e. The van der Waals surface area contributed by atoms with Crippen LogP contribution in [0, 0.1) is 0 Å². The molecule has 1 saturated heterocycles. The van der Waals surface area contributed by atoms with Crippen molar-refractivity contribution in [1.82, 2.24) is 4.31 Å². The van der Waals surface area contributed by atoms with Gasteiger partial charge in [-0.2, -0.15) is 4.31 Å². The normalized spacial score (nSPS) is 16.3. The van der Waals surface area contributed by atoms with Crippen molar-refractivity contribution in [2.24, 2.45) is 0 Å². The van der Waals surface area contributed by atoms with Crippen LogP contribution in [0.1, 0.15) is 60.7 Å². The van der Waals surface area contributed by atoms with Gasteiger partial charge in [-0.25, -0.2) is 8.42 Å². The molecule has 0 bridgehead atoms. The standard InChI is InChI=1S/C20H26N2O3S2/c1-15(2)16-7-9-17(10-8-16)21-20(23)18-11-12-19(26-18)27(24,25)22-13-5-3-4-6-14-22/h7-12,15H,3-6,13-14H2,1-2H3,(H,21,23). The number of anilines is 1. The molecule has 3 rings (SSSR count). The average molecular weight is 407 g/mol. The van der Waals surface area contributed by atoms with Crippen LogP contribution in [0.15, 0.2) is 40.6 Å². The maximum Gasteiger partial charge on any atom is 0.265 e. The van der Waals surface area contributed by atoms with Gasteiger partial charge >= 0.3 is 0 Å². The maximum atomic E-state index is 12.8. The first-order valence-corrected chi connectivity index (χ1v) is 11.6. The second-order valence-electron chi connectivity index (χ2n) is 7.17. The molecule has 1 N–H and O–H groups in total. The average Bonchev–Trinajstić information content (AvgIpc) is 2.99. The lowest BCUT2D eigenvalue weighted by Gasteiger charge is -2.18. The maximum absolute atomic E-state index is 12.8. The summed E-state index contributed by atoms with van der Waals surface area (Å²) < 4.78 is 27.5. The van der Waals surface area contributed by atoms with Crippen LogP contribution in [0.3, 0.4) is 0 Å². The van der Waals surface area contributed by atoms with E-state index < -0.39 is 10.0 Å². The van der Waals surface area contributed by atoms with Crippen molar-refractivity contribution < 1.29 is 13.2 Å². The molecular weight excluding hydrogens is 380 g/mol. The summed E-state index contributed by atoms with van der Waals surface area (Å²) in [5.41, 5.74) is 1.91. The van der Waals surface area contributed by atoms with Gasteiger partial charge < -0.3 is 5.32 Å². The molecule has 0 saturated carbocycles. The predicted molar refractivity (Wildman–Crippen MR) is 110 cm³/mol. The number of hydrogen-bond acceptors (Lipinski definition) is 4. The highest BCUT2D eigenvalue weighted by atomic mass is 32.2. The largest absolute Gasteiger partial charge is 0.321 e. The van der Waals surface area contributed by atoms with E-state index in [4.69, 9.17) is 0 Å². The third-order valence-corrected chi connectivity index (χ3v) is 8.25. The molecule has 27 heavy (non-hydrogen) atoms. The van der Waals surface area contributed by atoms with Gasteiger partial charge in [-0.3, -0.25) is 4.79 Å². The van der Waals surface area contributed by atoms with Gasteiger partial charge in [0.05, 0.1) is 4.88 Å². The Morgan fingerprint density at radius 1 is 1.00 bits per heavy atom. The van der Waals surface area contributed by atoms with Crippen molar-refractivity contribution >= 4 is 33.0 Å². The van der Waals surface area contributed by atoms with Crippen LogP contribution in [-0.4, -0.2) is 31.7 Å². The first-order chi connectivity index (χ1) is 12.9. The Bertz CT molecular complexity index is 878. The molecule has 0 unspecified atom stereocenters. The molecule has 0 atom stereocenters. The number of rotatable bonds is 5. The molecule has 1 fully saturated rings. The van der Waals surface area contributed by atoms with E-state index in [-0.39, 0.29) is 10.1 Å². The summed E-state index contributed by atoms with van der Waals surface area (Å²) in [7, 11) is -3.51. The first-order valence-electron chi connectivity index (χ1n) is 9.39. The fourth-order valence-corrected chi connectivity index (χ4v) is 6.01. The van der Waals surface area contributed by atoms with Gasteiger partial charge in [-0.05, 0) is 48.6 Å². The molecule has 146 valence electrons. The minimum absolute atomic E-state index is 0.240. The summed E-state index contributed by atoms with van der Waals surface area (Å²) in [5, 5.41) is 2.84. The third kappa shape index (κ3) is 4.78. The van der Waals surface area contributed by atoms with Crippen LogP contribution >= 0.6 is 11.3 Å². The van der Waals surface area contributed by atoms with E-state index in [1.165, 1.54) is 5.56 Å². The minimum atomic E-state index is -3.51. The first kappa shape index (κ1) is 20.0. The predicted octanol–water partition coefficient (Wildman–Crippen LogP) is 4.69. The number of nitrogens with one attached hydrogen (secondary N) is 1. The Hall–Kier alpha value is -1.70. The van der Waals surface area contributed by atoms with Gasteiger partial charge in [-0.15, -0.1) is 11.3 Å². The number of carbonyl (C=O) groups is 1. The molecule has 1 aliphatic rings. The van der Waals surface area contributed by atoms with E-state index in [0.29, 0.717) is 29.6 Å². The van der Waals surface area contributed by atoms with E-state index in [1.807, 2.05) is 24.3 Å².